The number of hydrogen-bond donors (Lipinski definition) is 2. The zero-order valence-electron chi connectivity index (χ0n) is 21.5. The molecule has 0 bridgehead atoms. The van der Waals surface area contributed by atoms with Gasteiger partial charge in [0, 0.05) is 7.11 Å². The molecule has 12 unspecified atom stereocenters. The molecule has 4 heterocycles. The maximum atomic E-state index is 10.7. The molecule has 0 saturated carbocycles. The minimum atomic E-state index is -1.05. The highest BCUT2D eigenvalue weighted by atomic mass is 16.7. The fourth-order valence-corrected chi connectivity index (χ4v) is 8.49. The number of allylic oxidation sites excluding steroid dienone is 4. The number of hydrogen-bond acceptors (Lipinski definition) is 8. The summed E-state index contributed by atoms with van der Waals surface area (Å²) in [5.41, 5.74) is 2.57. The molecule has 3 aliphatic carbocycles. The van der Waals surface area contributed by atoms with Crippen LogP contribution in [0.1, 0.15) is 46.5 Å². The van der Waals surface area contributed by atoms with Gasteiger partial charge >= 0.3 is 0 Å². The summed E-state index contributed by atoms with van der Waals surface area (Å²) in [6.45, 7) is 7.51. The molecule has 8 nitrogen and oxygen atoms in total. The maximum Gasteiger partial charge on any atom is 0.187 e. The first-order chi connectivity index (χ1) is 17.2. The van der Waals surface area contributed by atoms with Crippen LogP contribution in [0.3, 0.4) is 0 Å². The van der Waals surface area contributed by atoms with Gasteiger partial charge in [0.25, 0.3) is 0 Å². The van der Waals surface area contributed by atoms with E-state index in [4.69, 9.17) is 28.4 Å². The van der Waals surface area contributed by atoms with Gasteiger partial charge in [-0.2, -0.15) is 0 Å². The summed E-state index contributed by atoms with van der Waals surface area (Å²) >= 11 is 0. The van der Waals surface area contributed by atoms with E-state index >= 15 is 0 Å². The van der Waals surface area contributed by atoms with Gasteiger partial charge in [-0.25, -0.2) is 0 Å². The van der Waals surface area contributed by atoms with Crippen molar-refractivity contribution in [2.45, 2.75) is 95.2 Å². The second kappa shape index (κ2) is 7.88. The van der Waals surface area contributed by atoms with E-state index in [1.165, 1.54) is 18.3 Å². The molecule has 4 aliphatic heterocycles. The van der Waals surface area contributed by atoms with Crippen LogP contribution >= 0.6 is 0 Å². The van der Waals surface area contributed by atoms with Crippen LogP contribution in [0.15, 0.2) is 35.1 Å². The lowest BCUT2D eigenvalue weighted by molar-refractivity contribution is -0.304. The Labute approximate surface area is 212 Å². The van der Waals surface area contributed by atoms with Gasteiger partial charge in [-0.15, -0.1) is 0 Å². The van der Waals surface area contributed by atoms with E-state index in [9.17, 15) is 10.2 Å². The first-order valence-corrected chi connectivity index (χ1v) is 13.5. The minimum Gasteiger partial charge on any atom is -0.491 e. The van der Waals surface area contributed by atoms with Gasteiger partial charge < -0.3 is 38.6 Å². The molecule has 36 heavy (non-hydrogen) atoms. The third kappa shape index (κ3) is 3.01. The van der Waals surface area contributed by atoms with Crippen LogP contribution in [0.2, 0.25) is 0 Å². The Morgan fingerprint density at radius 1 is 1.06 bits per heavy atom. The van der Waals surface area contributed by atoms with Gasteiger partial charge in [0.1, 0.15) is 30.2 Å². The number of methoxy groups -OCH3 is 1. The molecule has 0 aromatic heterocycles. The van der Waals surface area contributed by atoms with Crippen molar-refractivity contribution in [3.63, 3.8) is 0 Å². The molecule has 4 saturated heterocycles. The van der Waals surface area contributed by atoms with Crippen LogP contribution < -0.4 is 0 Å². The third-order valence-electron chi connectivity index (χ3n) is 10.5. The molecule has 7 aliphatic rings. The Bertz CT molecular complexity index is 1040. The number of fused-ring (bicyclic) bond motifs is 3. The summed E-state index contributed by atoms with van der Waals surface area (Å²) in [4.78, 5) is 0. The Morgan fingerprint density at radius 3 is 2.69 bits per heavy atom. The lowest BCUT2D eigenvalue weighted by atomic mass is 9.54. The van der Waals surface area contributed by atoms with Crippen molar-refractivity contribution in [1.82, 2.24) is 0 Å². The number of ether oxygens (including phenoxy) is 6. The molecule has 0 amide bonds. The highest BCUT2D eigenvalue weighted by Gasteiger charge is 2.72. The smallest absolute Gasteiger partial charge is 0.187 e. The van der Waals surface area contributed by atoms with Gasteiger partial charge in [0.05, 0.1) is 36.8 Å². The van der Waals surface area contributed by atoms with Crippen molar-refractivity contribution in [3.8, 4) is 0 Å². The van der Waals surface area contributed by atoms with E-state index in [2.05, 4.69) is 32.1 Å². The molecule has 8 heteroatoms. The first kappa shape index (κ1) is 23.8. The summed E-state index contributed by atoms with van der Waals surface area (Å²) in [6.07, 6.45) is 6.56. The Kier molecular flexibility index (Phi) is 5.22. The van der Waals surface area contributed by atoms with E-state index in [1.807, 2.05) is 0 Å². The van der Waals surface area contributed by atoms with Gasteiger partial charge in [-0.3, -0.25) is 0 Å². The molecule has 12 atom stereocenters. The molecular weight excluding hydrogens is 464 g/mol. The summed E-state index contributed by atoms with van der Waals surface area (Å²) in [6, 6.07) is 0. The number of rotatable bonds is 3. The van der Waals surface area contributed by atoms with Gasteiger partial charge in [-0.05, 0) is 62.0 Å². The number of aliphatic hydroxyl groups excluding tert-OH is 2. The average molecular weight is 503 g/mol. The quantitative estimate of drug-likeness (QED) is 0.608. The van der Waals surface area contributed by atoms with Gasteiger partial charge in [-0.1, -0.05) is 25.2 Å². The highest BCUT2D eigenvalue weighted by Crippen LogP contribution is 2.68. The Balaban J connectivity index is 1.17. The number of aliphatic hydroxyl groups is 2. The summed E-state index contributed by atoms with van der Waals surface area (Å²) in [7, 11) is 1.49. The maximum absolute atomic E-state index is 10.7. The molecule has 4 fully saturated rings. The van der Waals surface area contributed by atoms with E-state index in [1.54, 1.807) is 6.92 Å². The summed E-state index contributed by atoms with van der Waals surface area (Å²) in [5, 5.41) is 21.0. The average Bonchev–Trinajstić information content (AvgIpc) is 3.48. The van der Waals surface area contributed by atoms with E-state index in [0.29, 0.717) is 19.1 Å². The fourth-order valence-electron chi connectivity index (χ4n) is 8.49. The normalized spacial score (nSPS) is 54.9. The zero-order valence-corrected chi connectivity index (χ0v) is 21.5. The van der Waals surface area contributed by atoms with Crippen molar-refractivity contribution in [2.75, 3.05) is 20.3 Å². The molecule has 2 N–H and O–H groups in total. The van der Waals surface area contributed by atoms with Gasteiger partial charge in [0.2, 0.25) is 0 Å². The lowest BCUT2D eigenvalue weighted by Crippen LogP contribution is -2.58. The standard InChI is InChI=1S/C28H38O8/c1-14-20(29)22(31-4)21(30)25(34-14)35-16-7-9-26(2)15(11-16)5-6-17-18(26)8-10-28-13-33-27(3)23(28)19(12-32-27)36-24(17)28/h5-6,11,14,16,18-23,25,29-30H,7-10,12-13H2,1-4H3. The topological polar surface area (TPSA) is 95.8 Å². The second-order valence-corrected chi connectivity index (χ2v) is 12.3. The van der Waals surface area contributed by atoms with Crippen LogP contribution in [0.5, 0.6) is 0 Å². The highest BCUT2D eigenvalue weighted by molar-refractivity contribution is 5.48. The molecular formula is C28H38O8. The van der Waals surface area contributed by atoms with Crippen LogP contribution in [-0.2, 0) is 28.4 Å². The third-order valence-corrected chi connectivity index (χ3v) is 10.5. The monoisotopic (exact) mass is 502 g/mol. The van der Waals surface area contributed by atoms with Crippen LogP contribution in [0.25, 0.3) is 0 Å². The molecule has 0 aromatic carbocycles. The van der Waals surface area contributed by atoms with E-state index < -0.39 is 36.5 Å². The zero-order chi connectivity index (χ0) is 25.0. The van der Waals surface area contributed by atoms with Crippen LogP contribution in [0.4, 0.5) is 0 Å². The Morgan fingerprint density at radius 2 is 1.89 bits per heavy atom. The van der Waals surface area contributed by atoms with Crippen molar-refractivity contribution in [2.24, 2.45) is 22.7 Å². The second-order valence-electron chi connectivity index (χ2n) is 12.3. The van der Waals surface area contributed by atoms with Crippen molar-refractivity contribution in [3.05, 3.63) is 35.1 Å². The molecule has 7 rings (SSSR count). The van der Waals surface area contributed by atoms with Gasteiger partial charge in [0.15, 0.2) is 12.1 Å². The van der Waals surface area contributed by atoms with Crippen molar-refractivity contribution < 1.29 is 38.6 Å². The van der Waals surface area contributed by atoms with E-state index in [0.717, 1.165) is 31.4 Å². The Hall–Kier alpha value is -1.26. The van der Waals surface area contributed by atoms with Crippen LogP contribution in [0, 0.1) is 22.7 Å². The van der Waals surface area contributed by atoms with Crippen LogP contribution in [-0.4, -0.2) is 79.2 Å². The van der Waals surface area contributed by atoms with Crippen molar-refractivity contribution in [1.29, 1.82) is 0 Å². The molecule has 198 valence electrons. The van der Waals surface area contributed by atoms with E-state index in [-0.39, 0.29) is 29.0 Å². The lowest BCUT2D eigenvalue weighted by Gasteiger charge is -2.50. The molecule has 1 spiro atoms. The minimum absolute atomic E-state index is 0.00344. The SMILES string of the molecule is COC1C(O)C(C)OC(OC2C=C3C=CC4=C5OC6COC7(C)OCC5(CCC4C3(C)CC2)C67)C1O. The van der Waals surface area contributed by atoms with Crippen molar-refractivity contribution >= 4 is 0 Å². The predicted octanol–water partition coefficient (Wildman–Crippen LogP) is 2.59. The fraction of sp³-hybridized carbons (Fsp3) is 0.786. The molecule has 0 radical (unpaired) electrons. The first-order valence-electron chi connectivity index (χ1n) is 13.5. The predicted molar refractivity (Wildman–Crippen MR) is 127 cm³/mol. The largest absolute Gasteiger partial charge is 0.491 e. The summed E-state index contributed by atoms with van der Waals surface area (Å²) in [5.74, 6) is 1.30. The summed E-state index contributed by atoms with van der Waals surface area (Å²) < 4.78 is 36.3. The molecule has 0 aromatic rings.